The largest absolute Gasteiger partial charge is 0.486 e. The normalized spacial score (nSPS) is 12.2. The smallest absolute Gasteiger partial charge is 0.156 e. The van der Waals surface area contributed by atoms with Gasteiger partial charge in [0, 0.05) is 6.04 Å². The third kappa shape index (κ3) is 5.25. The summed E-state index contributed by atoms with van der Waals surface area (Å²) in [6.07, 6.45) is 6.20. The number of nitrogens with zero attached hydrogens (tertiary/aromatic N) is 2. The predicted octanol–water partition coefficient (Wildman–Crippen LogP) is 1.18. The van der Waals surface area contributed by atoms with E-state index in [4.69, 9.17) is 16.2 Å². The number of ether oxygens (including phenoxy) is 1. The molecule has 1 aromatic rings. The fourth-order valence-corrected chi connectivity index (χ4v) is 1.45. The van der Waals surface area contributed by atoms with Crippen LogP contribution in [0.25, 0.3) is 0 Å². The molecule has 0 spiro atoms. The van der Waals surface area contributed by atoms with Crippen LogP contribution in [0.3, 0.4) is 0 Å². The van der Waals surface area contributed by atoms with E-state index in [1.54, 1.807) is 12.4 Å². The fraction of sp³-hybridized carbons (Fsp3) is 0.538. The molecule has 1 rings (SSSR count). The molecule has 0 fully saturated rings. The molecule has 5 heteroatoms. The first-order valence-corrected chi connectivity index (χ1v) is 6.18. The Kier molecular flexibility index (Phi) is 6.32. The van der Waals surface area contributed by atoms with Crippen LogP contribution in [0.4, 0.5) is 0 Å². The second kappa shape index (κ2) is 7.79. The van der Waals surface area contributed by atoms with E-state index in [9.17, 15) is 0 Å². The summed E-state index contributed by atoms with van der Waals surface area (Å²) in [6, 6.07) is -0.0390. The van der Waals surface area contributed by atoms with Gasteiger partial charge >= 0.3 is 0 Å². The molecule has 18 heavy (non-hydrogen) atoms. The van der Waals surface area contributed by atoms with Gasteiger partial charge in [0.2, 0.25) is 0 Å². The topological polar surface area (TPSA) is 87.0 Å². The van der Waals surface area contributed by atoms with Gasteiger partial charge in [-0.2, -0.15) is 0 Å². The highest BCUT2D eigenvalue weighted by Gasteiger charge is 2.07. The number of hydrogen-bond donors (Lipinski definition) is 2. The van der Waals surface area contributed by atoms with Crippen molar-refractivity contribution in [2.45, 2.75) is 32.2 Å². The Balaban J connectivity index is 2.29. The third-order valence-electron chi connectivity index (χ3n) is 2.68. The minimum atomic E-state index is -0.0390. The van der Waals surface area contributed by atoms with Crippen LogP contribution in [-0.4, -0.2) is 29.2 Å². The van der Waals surface area contributed by atoms with Crippen LogP contribution in [0.2, 0.25) is 0 Å². The first-order valence-electron chi connectivity index (χ1n) is 6.18. The zero-order chi connectivity index (χ0) is 13.4. The van der Waals surface area contributed by atoms with E-state index in [0.717, 1.165) is 30.7 Å². The van der Waals surface area contributed by atoms with Gasteiger partial charge in [-0.3, -0.25) is 0 Å². The second-order valence-electron chi connectivity index (χ2n) is 4.30. The van der Waals surface area contributed by atoms with E-state index in [0.29, 0.717) is 18.9 Å². The molecule has 0 aliphatic carbocycles. The van der Waals surface area contributed by atoms with Crippen LogP contribution in [-0.2, 0) is 0 Å². The van der Waals surface area contributed by atoms with Crippen molar-refractivity contribution in [1.29, 1.82) is 0 Å². The molecule has 0 bridgehead atoms. The predicted molar refractivity (Wildman–Crippen MR) is 72.3 cm³/mol. The summed E-state index contributed by atoms with van der Waals surface area (Å²) in [4.78, 5) is 8.10. The van der Waals surface area contributed by atoms with E-state index in [1.807, 2.05) is 6.92 Å². The van der Waals surface area contributed by atoms with Gasteiger partial charge in [0.25, 0.3) is 0 Å². The molecule has 0 aromatic carbocycles. The molecule has 0 aliphatic rings. The van der Waals surface area contributed by atoms with E-state index in [-0.39, 0.29) is 6.04 Å². The molecule has 4 N–H and O–H groups in total. The number of aryl methyl sites for hydroxylation is 1. The highest BCUT2D eigenvalue weighted by atomic mass is 16.5. The van der Waals surface area contributed by atoms with Crippen LogP contribution in [0, 0.1) is 6.92 Å². The number of hydrogen-bond acceptors (Lipinski definition) is 5. The first-order chi connectivity index (χ1) is 8.63. The molecule has 0 radical (unpaired) electrons. The van der Waals surface area contributed by atoms with Gasteiger partial charge < -0.3 is 16.2 Å². The highest BCUT2D eigenvalue weighted by Crippen LogP contribution is 2.10. The Bertz CT molecular complexity index is 364. The molecule has 100 valence electrons. The minimum Gasteiger partial charge on any atom is -0.486 e. The third-order valence-corrected chi connectivity index (χ3v) is 2.68. The van der Waals surface area contributed by atoms with E-state index < -0.39 is 0 Å². The van der Waals surface area contributed by atoms with Crippen molar-refractivity contribution in [1.82, 2.24) is 9.97 Å². The molecule has 1 heterocycles. The maximum Gasteiger partial charge on any atom is 0.156 e. The van der Waals surface area contributed by atoms with Crippen LogP contribution < -0.4 is 16.2 Å². The van der Waals surface area contributed by atoms with Gasteiger partial charge in [0.1, 0.15) is 12.4 Å². The molecular weight excluding hydrogens is 228 g/mol. The van der Waals surface area contributed by atoms with Gasteiger partial charge in [-0.1, -0.05) is 13.0 Å². The maximum absolute atomic E-state index is 5.99. The van der Waals surface area contributed by atoms with Crippen LogP contribution in [0.15, 0.2) is 24.5 Å². The van der Waals surface area contributed by atoms with E-state index in [2.05, 4.69) is 16.5 Å². The lowest BCUT2D eigenvalue weighted by Gasteiger charge is -2.15. The summed E-state index contributed by atoms with van der Waals surface area (Å²) in [7, 11) is 0. The summed E-state index contributed by atoms with van der Waals surface area (Å²) in [5, 5.41) is 0. The number of aromatic nitrogens is 2. The summed E-state index contributed by atoms with van der Waals surface area (Å²) < 4.78 is 5.52. The average Bonchev–Trinajstić information content (AvgIpc) is 2.38. The Labute approximate surface area is 108 Å². The summed E-state index contributed by atoms with van der Waals surface area (Å²) >= 11 is 0. The quantitative estimate of drug-likeness (QED) is 0.534. The van der Waals surface area contributed by atoms with Crippen molar-refractivity contribution in [2.24, 2.45) is 11.5 Å². The molecular formula is C13H22N4O. The standard InChI is InChI=1S/C13H22N4O/c1-10(13(15)5-3-4-6-14)9-18-12-7-16-11(2)17-8-12/h7-8,13H,1,3-6,9,14-15H2,2H3/t13-/m0/s1. The molecule has 0 unspecified atom stereocenters. The van der Waals surface area contributed by atoms with Gasteiger partial charge in [-0.05, 0) is 31.9 Å². The number of rotatable bonds is 8. The van der Waals surface area contributed by atoms with E-state index >= 15 is 0 Å². The Morgan fingerprint density at radius 2 is 2.06 bits per heavy atom. The summed E-state index contributed by atoms with van der Waals surface area (Å²) in [5.74, 6) is 1.36. The van der Waals surface area contributed by atoms with Crippen molar-refractivity contribution in [3.8, 4) is 5.75 Å². The van der Waals surface area contributed by atoms with Crippen LogP contribution in [0.1, 0.15) is 25.1 Å². The molecule has 0 saturated carbocycles. The lowest BCUT2D eigenvalue weighted by molar-refractivity contribution is 0.338. The van der Waals surface area contributed by atoms with Crippen molar-refractivity contribution in [2.75, 3.05) is 13.2 Å². The molecule has 5 nitrogen and oxygen atoms in total. The van der Waals surface area contributed by atoms with Crippen molar-refractivity contribution in [3.05, 3.63) is 30.4 Å². The zero-order valence-electron chi connectivity index (χ0n) is 10.9. The Morgan fingerprint density at radius 1 is 1.39 bits per heavy atom. The van der Waals surface area contributed by atoms with Crippen molar-refractivity contribution < 1.29 is 4.74 Å². The minimum absolute atomic E-state index is 0.0390. The zero-order valence-corrected chi connectivity index (χ0v) is 10.9. The Morgan fingerprint density at radius 3 is 2.67 bits per heavy atom. The lowest BCUT2D eigenvalue weighted by atomic mass is 10.0. The second-order valence-corrected chi connectivity index (χ2v) is 4.30. The van der Waals surface area contributed by atoms with Gasteiger partial charge in [0.05, 0.1) is 12.4 Å². The fourth-order valence-electron chi connectivity index (χ4n) is 1.45. The average molecular weight is 250 g/mol. The van der Waals surface area contributed by atoms with E-state index in [1.165, 1.54) is 0 Å². The maximum atomic E-state index is 5.99. The monoisotopic (exact) mass is 250 g/mol. The van der Waals surface area contributed by atoms with Gasteiger partial charge in [-0.25, -0.2) is 9.97 Å². The summed E-state index contributed by atoms with van der Waals surface area (Å²) in [6.45, 7) is 6.88. The van der Waals surface area contributed by atoms with Crippen molar-refractivity contribution in [3.63, 3.8) is 0 Å². The number of unbranched alkanes of at least 4 members (excludes halogenated alkanes) is 1. The molecule has 1 atom stereocenters. The van der Waals surface area contributed by atoms with Crippen LogP contribution in [0.5, 0.6) is 5.75 Å². The molecule has 0 aliphatic heterocycles. The Hall–Kier alpha value is -1.46. The first kappa shape index (κ1) is 14.6. The number of nitrogens with two attached hydrogens (primary N) is 2. The summed E-state index contributed by atoms with van der Waals surface area (Å²) in [5.41, 5.74) is 12.3. The SMILES string of the molecule is C=C(COc1cnc(C)nc1)[C@@H](N)CCCCN. The lowest BCUT2D eigenvalue weighted by Crippen LogP contribution is -2.25. The van der Waals surface area contributed by atoms with Crippen molar-refractivity contribution >= 4 is 0 Å². The molecule has 1 aromatic heterocycles. The van der Waals surface area contributed by atoms with Crippen LogP contribution >= 0.6 is 0 Å². The highest BCUT2D eigenvalue weighted by molar-refractivity contribution is 5.14. The van der Waals surface area contributed by atoms with Gasteiger partial charge in [0.15, 0.2) is 5.75 Å². The van der Waals surface area contributed by atoms with Gasteiger partial charge in [-0.15, -0.1) is 0 Å². The molecule has 0 amide bonds. The molecule has 0 saturated heterocycles.